The topological polar surface area (TPSA) is 102 Å². The first-order valence-corrected chi connectivity index (χ1v) is 16.4. The molecule has 0 aliphatic heterocycles. The molecule has 2 fully saturated rings. The molecule has 0 saturated heterocycles. The predicted octanol–water partition coefficient (Wildman–Crippen LogP) is 5.82. The highest BCUT2D eigenvalue weighted by molar-refractivity contribution is 8.76. The normalized spacial score (nSPS) is 19.7. The Morgan fingerprint density at radius 1 is 0.738 bits per heavy atom. The van der Waals surface area contributed by atoms with Crippen molar-refractivity contribution in [3.05, 3.63) is 83.9 Å². The summed E-state index contributed by atoms with van der Waals surface area (Å²) in [5.41, 5.74) is -2.45. The van der Waals surface area contributed by atoms with E-state index in [0.717, 1.165) is 25.7 Å². The molecule has 8 nitrogen and oxygen atoms in total. The van der Waals surface area contributed by atoms with Gasteiger partial charge in [-0.15, -0.1) is 0 Å². The summed E-state index contributed by atoms with van der Waals surface area (Å²) in [6.07, 6.45) is 6.82. The summed E-state index contributed by atoms with van der Waals surface area (Å²) in [6, 6.07) is 12.7. The summed E-state index contributed by atoms with van der Waals surface area (Å²) in [6.45, 7) is 4.00. The largest absolute Gasteiger partial charge is 0.383 e. The fraction of sp³-hybridized carbons (Fsp3) is 0.467. The number of aliphatic hydroxyl groups is 2. The van der Waals surface area contributed by atoms with Crippen LogP contribution in [0.5, 0.6) is 0 Å². The molecule has 6 rings (SSSR count). The van der Waals surface area contributed by atoms with Crippen LogP contribution < -0.4 is 0 Å². The van der Waals surface area contributed by atoms with Gasteiger partial charge >= 0.3 is 0 Å². The third-order valence-corrected chi connectivity index (χ3v) is 11.1. The number of nitrogens with zero attached hydrogens (tertiary/aromatic N) is 6. The Kier molecular flexibility index (Phi) is 8.16. The molecular weight excluding hydrogens is 579 g/mol. The molecule has 2 aliphatic carbocycles. The molecular formula is C30H34F2N6O2S2. The maximum absolute atomic E-state index is 15.0. The van der Waals surface area contributed by atoms with Crippen LogP contribution in [0.1, 0.15) is 50.7 Å². The first-order chi connectivity index (χ1) is 20.2. The number of aromatic nitrogens is 6. The van der Waals surface area contributed by atoms with Crippen molar-refractivity contribution in [1.29, 1.82) is 0 Å². The highest BCUT2D eigenvalue weighted by Gasteiger charge is 2.47. The lowest BCUT2D eigenvalue weighted by atomic mass is 9.79. The Hall–Kier alpha value is -2.80. The summed E-state index contributed by atoms with van der Waals surface area (Å²) in [7, 11) is 2.55. The van der Waals surface area contributed by atoms with Crippen molar-refractivity contribution >= 4 is 21.6 Å². The second-order valence-corrected chi connectivity index (χ2v) is 13.7. The summed E-state index contributed by atoms with van der Waals surface area (Å²) < 4.78 is 33.1. The van der Waals surface area contributed by atoms with Gasteiger partial charge in [0.25, 0.3) is 0 Å². The van der Waals surface area contributed by atoms with Crippen molar-refractivity contribution in [2.75, 3.05) is 0 Å². The third kappa shape index (κ3) is 5.73. The molecule has 42 heavy (non-hydrogen) atoms. The van der Waals surface area contributed by atoms with E-state index in [1.165, 1.54) is 46.4 Å². The number of halogens is 2. The highest BCUT2D eigenvalue weighted by atomic mass is 33.1. The van der Waals surface area contributed by atoms with Gasteiger partial charge in [0, 0.05) is 11.1 Å². The van der Waals surface area contributed by atoms with E-state index in [9.17, 15) is 19.0 Å². The molecule has 2 aliphatic rings. The number of rotatable bonds is 13. The maximum atomic E-state index is 15.0. The smallest absolute Gasteiger partial charge is 0.197 e. The highest BCUT2D eigenvalue weighted by Crippen LogP contribution is 2.49. The van der Waals surface area contributed by atoms with E-state index in [4.69, 9.17) is 0 Å². The van der Waals surface area contributed by atoms with Crippen LogP contribution >= 0.6 is 21.6 Å². The molecule has 2 aromatic carbocycles. The Bertz CT molecular complexity index is 1430. The van der Waals surface area contributed by atoms with Crippen molar-refractivity contribution in [3.8, 4) is 0 Å². The van der Waals surface area contributed by atoms with Crippen LogP contribution in [-0.4, -0.2) is 39.7 Å². The Morgan fingerprint density at radius 3 is 1.48 bits per heavy atom. The van der Waals surface area contributed by atoms with Gasteiger partial charge in [-0.2, -0.15) is 10.2 Å². The standard InChI is InChI=1S/C30H34F2N6O2S2/c1-19(21-11-12-21)29(39,23-7-3-5-9-25(23)31)15-37-27(33-17-35-37)41-42-28-34-18-36-38(28)16-30(40,20(2)22-13-14-22)24-8-4-6-10-26(24)32/h3-10,17-22,39-40H,11-16H2,1-2H3. The first kappa shape index (κ1) is 29.3. The van der Waals surface area contributed by atoms with E-state index in [0.29, 0.717) is 22.1 Å². The van der Waals surface area contributed by atoms with E-state index >= 15 is 0 Å². The van der Waals surface area contributed by atoms with Crippen LogP contribution in [0.3, 0.4) is 0 Å². The Balaban J connectivity index is 1.22. The lowest BCUT2D eigenvalue weighted by Crippen LogP contribution is -2.40. The average Bonchev–Trinajstić information content (AvgIpc) is 3.92. The van der Waals surface area contributed by atoms with Crippen LogP contribution in [0.2, 0.25) is 0 Å². The van der Waals surface area contributed by atoms with E-state index in [1.807, 2.05) is 13.8 Å². The zero-order valence-electron chi connectivity index (χ0n) is 23.5. The molecule has 2 saturated carbocycles. The summed E-state index contributed by atoms with van der Waals surface area (Å²) >= 11 is 0. The quantitative estimate of drug-likeness (QED) is 0.182. The van der Waals surface area contributed by atoms with Crippen molar-refractivity contribution in [2.45, 2.75) is 74.1 Å². The van der Waals surface area contributed by atoms with E-state index in [2.05, 4.69) is 20.2 Å². The minimum atomic E-state index is -1.48. The molecule has 4 atom stereocenters. The third-order valence-electron chi connectivity index (χ3n) is 8.98. The van der Waals surface area contributed by atoms with Crippen LogP contribution in [0.15, 0.2) is 71.5 Å². The average molecular weight is 613 g/mol. The predicted molar refractivity (Wildman–Crippen MR) is 156 cm³/mol. The van der Waals surface area contributed by atoms with Crippen molar-refractivity contribution in [1.82, 2.24) is 29.5 Å². The van der Waals surface area contributed by atoms with E-state index in [1.54, 1.807) is 45.8 Å². The van der Waals surface area contributed by atoms with Crippen molar-refractivity contribution in [3.63, 3.8) is 0 Å². The van der Waals surface area contributed by atoms with Gasteiger partial charge in [0.2, 0.25) is 0 Å². The summed E-state index contributed by atoms with van der Waals surface area (Å²) in [4.78, 5) is 8.78. The fourth-order valence-electron chi connectivity index (χ4n) is 5.93. The van der Waals surface area contributed by atoms with E-state index < -0.39 is 22.8 Å². The molecule has 2 N–H and O–H groups in total. The van der Waals surface area contributed by atoms with Gasteiger partial charge < -0.3 is 10.2 Å². The molecule has 0 spiro atoms. The van der Waals surface area contributed by atoms with Crippen molar-refractivity contribution in [2.24, 2.45) is 23.7 Å². The molecule has 0 amide bonds. The maximum Gasteiger partial charge on any atom is 0.197 e. The molecule has 12 heteroatoms. The molecule has 0 bridgehead atoms. The van der Waals surface area contributed by atoms with Crippen LogP contribution in [0.25, 0.3) is 0 Å². The Labute approximate surface area is 251 Å². The van der Waals surface area contributed by atoms with Gasteiger partial charge in [0.15, 0.2) is 10.3 Å². The second-order valence-electron chi connectivity index (χ2n) is 11.6. The Morgan fingerprint density at radius 2 is 1.12 bits per heavy atom. The van der Waals surface area contributed by atoms with Crippen LogP contribution in [0.4, 0.5) is 8.78 Å². The van der Waals surface area contributed by atoms with Gasteiger partial charge in [-0.05, 0) is 83.1 Å². The molecule has 0 radical (unpaired) electrons. The number of hydrogen-bond acceptors (Lipinski definition) is 8. The lowest BCUT2D eigenvalue weighted by Gasteiger charge is -2.35. The van der Waals surface area contributed by atoms with Gasteiger partial charge in [-0.3, -0.25) is 0 Å². The van der Waals surface area contributed by atoms with Gasteiger partial charge in [0.1, 0.15) is 35.5 Å². The fourth-order valence-corrected chi connectivity index (χ4v) is 7.88. The lowest BCUT2D eigenvalue weighted by molar-refractivity contribution is -0.0492. The number of benzene rings is 2. The number of hydrogen-bond donors (Lipinski definition) is 2. The summed E-state index contributed by atoms with van der Waals surface area (Å²) in [5.74, 6) is -0.644. The molecule has 4 aromatic rings. The molecule has 222 valence electrons. The SMILES string of the molecule is CC(C1CC1)C(O)(Cn1ncnc1SSc1ncnn1CC(O)(c1ccccc1F)C(C)C1CC1)c1ccccc1F. The zero-order valence-corrected chi connectivity index (χ0v) is 25.1. The van der Waals surface area contributed by atoms with Gasteiger partial charge in [-0.25, -0.2) is 28.1 Å². The van der Waals surface area contributed by atoms with Gasteiger partial charge in [0.05, 0.1) is 13.1 Å². The minimum absolute atomic E-state index is 0.0348. The zero-order chi connectivity index (χ0) is 29.5. The summed E-state index contributed by atoms with van der Waals surface area (Å²) in [5, 5.41) is 33.7. The van der Waals surface area contributed by atoms with Crippen molar-refractivity contribution < 1.29 is 19.0 Å². The molecule has 4 unspecified atom stereocenters. The minimum Gasteiger partial charge on any atom is -0.383 e. The first-order valence-electron chi connectivity index (χ1n) is 14.3. The molecule has 2 aromatic heterocycles. The monoisotopic (exact) mass is 612 g/mol. The van der Waals surface area contributed by atoms with Crippen LogP contribution in [0, 0.1) is 35.3 Å². The van der Waals surface area contributed by atoms with Crippen LogP contribution in [-0.2, 0) is 24.3 Å². The van der Waals surface area contributed by atoms with E-state index in [-0.39, 0.29) is 36.1 Å². The second kappa shape index (κ2) is 11.7. The molecule has 2 heterocycles. The van der Waals surface area contributed by atoms with Gasteiger partial charge in [-0.1, -0.05) is 50.2 Å².